The van der Waals surface area contributed by atoms with E-state index in [2.05, 4.69) is 48.6 Å². The molecule has 0 aliphatic heterocycles. The number of nitrogens with zero attached hydrogens (tertiary/aromatic N) is 1. The molecule has 0 saturated heterocycles. The Kier molecular flexibility index (Phi) is 5.60. The Morgan fingerprint density at radius 1 is 1.35 bits per heavy atom. The lowest BCUT2D eigenvalue weighted by atomic mass is 10.1. The van der Waals surface area contributed by atoms with E-state index in [9.17, 15) is 4.79 Å². The van der Waals surface area contributed by atoms with Crippen molar-refractivity contribution in [3.63, 3.8) is 0 Å². The third-order valence-electron chi connectivity index (χ3n) is 3.39. The summed E-state index contributed by atoms with van der Waals surface area (Å²) in [6.07, 6.45) is 0.958. The molecule has 0 N–H and O–H groups in total. The van der Waals surface area contributed by atoms with Crippen LogP contribution in [-0.2, 0) is 6.54 Å². The molecule has 0 aliphatic rings. The van der Waals surface area contributed by atoms with Crippen LogP contribution in [0.5, 0.6) is 0 Å². The van der Waals surface area contributed by atoms with E-state index in [1.807, 2.05) is 34.5 Å². The topological polar surface area (TPSA) is 20.3 Å². The minimum atomic E-state index is 0.127. The van der Waals surface area contributed by atoms with Crippen molar-refractivity contribution >= 4 is 39.8 Å². The van der Waals surface area contributed by atoms with Crippen LogP contribution in [0.4, 0.5) is 0 Å². The van der Waals surface area contributed by atoms with Crippen molar-refractivity contribution in [1.82, 2.24) is 4.90 Å². The van der Waals surface area contributed by atoms with Crippen molar-refractivity contribution in [3.8, 4) is 0 Å². The maximum Gasteiger partial charge on any atom is 0.255 e. The number of thiophene rings is 1. The maximum absolute atomic E-state index is 12.7. The predicted molar refractivity (Wildman–Crippen MR) is 93.1 cm³/mol. The molecule has 1 unspecified atom stereocenters. The van der Waals surface area contributed by atoms with Crippen LogP contribution in [0.3, 0.4) is 0 Å². The number of amides is 1. The average molecular weight is 399 g/mol. The molecule has 1 aromatic carbocycles. The lowest BCUT2D eigenvalue weighted by molar-refractivity contribution is 0.0672. The molecule has 0 saturated carbocycles. The summed E-state index contributed by atoms with van der Waals surface area (Å²) >= 11 is 3.87. The van der Waals surface area contributed by atoms with Crippen molar-refractivity contribution in [2.24, 2.45) is 0 Å². The van der Waals surface area contributed by atoms with E-state index in [-0.39, 0.29) is 11.9 Å². The Hall–Kier alpha value is -0.880. The van der Waals surface area contributed by atoms with Gasteiger partial charge in [0.25, 0.3) is 5.91 Å². The molecule has 0 aliphatic carbocycles. The highest BCUT2D eigenvalue weighted by molar-refractivity contribution is 14.1. The monoisotopic (exact) mass is 399 g/mol. The van der Waals surface area contributed by atoms with E-state index >= 15 is 0 Å². The number of benzene rings is 1. The number of carbonyl (C=O) groups excluding carboxylic acids is 1. The zero-order valence-corrected chi connectivity index (χ0v) is 14.6. The Morgan fingerprint density at radius 3 is 2.60 bits per heavy atom. The minimum absolute atomic E-state index is 0.127. The molecule has 20 heavy (non-hydrogen) atoms. The van der Waals surface area contributed by atoms with Gasteiger partial charge in [-0.3, -0.25) is 4.79 Å². The maximum atomic E-state index is 12.7. The molecule has 2 aromatic rings. The largest absolute Gasteiger partial charge is 0.332 e. The SMILES string of the molecule is CCC(C)N(Cc1ccccc1)C(=O)c1csc(I)c1. The molecule has 1 heterocycles. The quantitative estimate of drug-likeness (QED) is 0.662. The van der Waals surface area contributed by atoms with Gasteiger partial charge >= 0.3 is 0 Å². The molecule has 0 bridgehead atoms. The second-order valence-electron chi connectivity index (χ2n) is 4.82. The summed E-state index contributed by atoms with van der Waals surface area (Å²) in [6, 6.07) is 12.4. The molecule has 2 nitrogen and oxygen atoms in total. The lowest BCUT2D eigenvalue weighted by Crippen LogP contribution is -2.37. The van der Waals surface area contributed by atoms with Gasteiger partial charge in [0.15, 0.2) is 0 Å². The van der Waals surface area contributed by atoms with Gasteiger partial charge in [0.2, 0.25) is 0 Å². The zero-order valence-electron chi connectivity index (χ0n) is 11.7. The summed E-state index contributed by atoms with van der Waals surface area (Å²) in [5, 5.41) is 1.95. The molecule has 0 spiro atoms. The van der Waals surface area contributed by atoms with Gasteiger partial charge in [0.05, 0.1) is 8.45 Å². The molecule has 106 valence electrons. The Bertz CT molecular complexity index is 567. The average Bonchev–Trinajstić information content (AvgIpc) is 2.91. The third-order valence-corrected chi connectivity index (χ3v) is 5.18. The predicted octanol–water partition coefficient (Wildman–Crippen LogP) is 4.79. The molecular weight excluding hydrogens is 381 g/mol. The van der Waals surface area contributed by atoms with Gasteiger partial charge in [0.1, 0.15) is 0 Å². The fourth-order valence-electron chi connectivity index (χ4n) is 2.02. The second kappa shape index (κ2) is 7.22. The number of hydrogen-bond donors (Lipinski definition) is 0. The molecule has 4 heteroatoms. The molecule has 0 fully saturated rings. The fourth-order valence-corrected chi connectivity index (χ4v) is 3.34. The first-order chi connectivity index (χ1) is 9.61. The van der Waals surface area contributed by atoms with Gasteiger partial charge in [0, 0.05) is 18.0 Å². The lowest BCUT2D eigenvalue weighted by Gasteiger charge is -2.28. The van der Waals surface area contributed by atoms with Crippen molar-refractivity contribution in [2.45, 2.75) is 32.9 Å². The number of halogens is 1. The van der Waals surface area contributed by atoms with Crippen LogP contribution >= 0.6 is 33.9 Å². The van der Waals surface area contributed by atoms with Crippen LogP contribution < -0.4 is 0 Å². The highest BCUT2D eigenvalue weighted by atomic mass is 127. The van der Waals surface area contributed by atoms with Crippen LogP contribution in [0, 0.1) is 2.88 Å². The van der Waals surface area contributed by atoms with Gasteiger partial charge < -0.3 is 4.90 Å². The van der Waals surface area contributed by atoms with Gasteiger partial charge in [-0.15, -0.1) is 11.3 Å². The van der Waals surface area contributed by atoms with Gasteiger partial charge in [-0.25, -0.2) is 0 Å². The summed E-state index contributed by atoms with van der Waals surface area (Å²) in [7, 11) is 0. The Balaban J connectivity index is 2.21. The van der Waals surface area contributed by atoms with E-state index in [1.165, 1.54) is 5.56 Å². The van der Waals surface area contributed by atoms with Crippen molar-refractivity contribution in [2.75, 3.05) is 0 Å². The molecule has 1 aromatic heterocycles. The Labute approximate surface area is 138 Å². The third kappa shape index (κ3) is 3.82. The van der Waals surface area contributed by atoms with Crippen LogP contribution in [0.15, 0.2) is 41.8 Å². The smallest absolute Gasteiger partial charge is 0.255 e. The Morgan fingerprint density at radius 2 is 2.05 bits per heavy atom. The van der Waals surface area contributed by atoms with E-state index in [4.69, 9.17) is 0 Å². The van der Waals surface area contributed by atoms with Gasteiger partial charge in [-0.2, -0.15) is 0 Å². The highest BCUT2D eigenvalue weighted by Gasteiger charge is 2.21. The number of rotatable bonds is 5. The first kappa shape index (κ1) is 15.5. The van der Waals surface area contributed by atoms with Crippen molar-refractivity contribution < 1.29 is 4.79 Å². The van der Waals surface area contributed by atoms with Crippen molar-refractivity contribution in [3.05, 3.63) is 55.8 Å². The summed E-state index contributed by atoms with van der Waals surface area (Å²) in [5.74, 6) is 0.127. The molecule has 1 amide bonds. The van der Waals surface area contributed by atoms with E-state index in [0.717, 1.165) is 14.9 Å². The molecular formula is C16H18INOS. The normalized spacial score (nSPS) is 12.2. The first-order valence-corrected chi connectivity index (χ1v) is 8.66. The zero-order chi connectivity index (χ0) is 14.5. The number of carbonyl (C=O) groups is 1. The fraction of sp³-hybridized carbons (Fsp3) is 0.312. The molecule has 0 radical (unpaired) electrons. The minimum Gasteiger partial charge on any atom is -0.332 e. The van der Waals surface area contributed by atoms with Crippen molar-refractivity contribution in [1.29, 1.82) is 0 Å². The van der Waals surface area contributed by atoms with Gasteiger partial charge in [-0.1, -0.05) is 37.3 Å². The molecule has 1 atom stereocenters. The van der Waals surface area contributed by atoms with Gasteiger partial charge in [-0.05, 0) is 47.6 Å². The summed E-state index contributed by atoms with van der Waals surface area (Å²) in [5.41, 5.74) is 1.97. The number of hydrogen-bond acceptors (Lipinski definition) is 2. The second-order valence-corrected chi connectivity index (χ2v) is 7.62. The summed E-state index contributed by atoms with van der Waals surface area (Å²) < 4.78 is 1.15. The van der Waals surface area contributed by atoms with Crippen LogP contribution in [0.2, 0.25) is 0 Å². The van der Waals surface area contributed by atoms with Crippen LogP contribution in [0.25, 0.3) is 0 Å². The standard InChI is InChI=1S/C16H18INOS/c1-3-12(2)18(10-13-7-5-4-6-8-13)16(19)14-9-15(17)20-11-14/h4-9,11-12H,3,10H2,1-2H3. The van der Waals surface area contributed by atoms with E-state index in [0.29, 0.717) is 6.54 Å². The highest BCUT2D eigenvalue weighted by Crippen LogP contribution is 2.21. The van der Waals surface area contributed by atoms with Crippen LogP contribution in [0.1, 0.15) is 36.2 Å². The summed E-state index contributed by atoms with van der Waals surface area (Å²) in [6.45, 7) is 4.90. The summed E-state index contributed by atoms with van der Waals surface area (Å²) in [4.78, 5) is 14.7. The van der Waals surface area contributed by atoms with E-state index in [1.54, 1.807) is 11.3 Å². The van der Waals surface area contributed by atoms with Crippen LogP contribution in [-0.4, -0.2) is 16.8 Å². The first-order valence-electron chi connectivity index (χ1n) is 6.70. The molecule has 2 rings (SSSR count). The van der Waals surface area contributed by atoms with E-state index < -0.39 is 0 Å².